The van der Waals surface area contributed by atoms with Gasteiger partial charge < -0.3 is 4.74 Å². The monoisotopic (exact) mass is 388 g/mol. The molecule has 1 atom stereocenters. The highest BCUT2D eigenvalue weighted by atomic mass is 32.1. The highest BCUT2D eigenvalue weighted by molar-refractivity contribution is 7.14. The third kappa shape index (κ3) is 4.05. The van der Waals surface area contributed by atoms with Crippen LogP contribution in [0.15, 0.2) is 78.2 Å². The predicted octanol–water partition coefficient (Wildman–Crippen LogP) is 5.76. The molecule has 0 bridgehead atoms. The number of nitrogens with zero attached hydrogens (tertiary/aromatic N) is 1. The number of carbonyl (C=O) groups excluding carboxylic acids is 1. The van der Waals surface area contributed by atoms with Gasteiger partial charge in [0.1, 0.15) is 5.75 Å². The van der Waals surface area contributed by atoms with Crippen LogP contribution in [-0.2, 0) is 4.79 Å². The number of anilines is 1. The second-order valence-electron chi connectivity index (χ2n) is 6.42. The molecule has 1 amide bonds. The van der Waals surface area contributed by atoms with Crippen molar-refractivity contribution in [3.63, 3.8) is 0 Å². The lowest BCUT2D eigenvalue weighted by Crippen LogP contribution is -2.32. The second-order valence-corrected chi connectivity index (χ2v) is 7.27. The molecule has 0 unspecified atom stereocenters. The van der Waals surface area contributed by atoms with Gasteiger partial charge >= 0.3 is 0 Å². The van der Waals surface area contributed by atoms with Gasteiger partial charge in [-0.2, -0.15) is 0 Å². The maximum absolute atomic E-state index is 12.6. The molecule has 0 aliphatic rings. The zero-order valence-corrected chi connectivity index (χ0v) is 16.3. The summed E-state index contributed by atoms with van der Waals surface area (Å²) in [6, 6.07) is 23.8. The predicted molar refractivity (Wildman–Crippen MR) is 115 cm³/mol. The van der Waals surface area contributed by atoms with Gasteiger partial charge in [-0.15, -0.1) is 11.3 Å². The fourth-order valence-corrected chi connectivity index (χ4v) is 3.71. The Labute approximate surface area is 167 Å². The minimum Gasteiger partial charge on any atom is -0.481 e. The summed E-state index contributed by atoms with van der Waals surface area (Å²) in [4.78, 5) is 17.2. The molecule has 0 aliphatic carbocycles. The van der Waals surface area contributed by atoms with Gasteiger partial charge in [0.15, 0.2) is 11.2 Å². The highest BCUT2D eigenvalue weighted by Gasteiger charge is 2.20. The molecule has 0 spiro atoms. The van der Waals surface area contributed by atoms with E-state index in [-0.39, 0.29) is 5.91 Å². The zero-order valence-electron chi connectivity index (χ0n) is 15.5. The van der Waals surface area contributed by atoms with Crippen LogP contribution in [0.2, 0.25) is 0 Å². The number of rotatable bonds is 6. The van der Waals surface area contributed by atoms with Gasteiger partial charge in [-0.25, -0.2) is 4.98 Å². The van der Waals surface area contributed by atoms with E-state index < -0.39 is 6.10 Å². The Morgan fingerprint density at radius 1 is 1.04 bits per heavy atom. The molecule has 0 saturated heterocycles. The van der Waals surface area contributed by atoms with Crippen LogP contribution in [0.25, 0.3) is 22.0 Å². The summed E-state index contributed by atoms with van der Waals surface area (Å²) in [5, 5.41) is 7.77. The van der Waals surface area contributed by atoms with Crippen molar-refractivity contribution < 1.29 is 9.53 Å². The lowest BCUT2D eigenvalue weighted by molar-refractivity contribution is -0.122. The van der Waals surface area contributed by atoms with Crippen LogP contribution in [0, 0.1) is 0 Å². The smallest absolute Gasteiger partial charge is 0.267 e. The van der Waals surface area contributed by atoms with Crippen molar-refractivity contribution in [3.05, 3.63) is 78.2 Å². The number of hydrogen-bond acceptors (Lipinski definition) is 4. The molecule has 4 nitrogen and oxygen atoms in total. The van der Waals surface area contributed by atoms with E-state index in [2.05, 4.69) is 40.6 Å². The number of aromatic nitrogens is 1. The minimum atomic E-state index is -0.560. The molecule has 1 aromatic heterocycles. The number of thiazole rings is 1. The molecule has 5 heteroatoms. The minimum absolute atomic E-state index is 0.189. The lowest BCUT2D eigenvalue weighted by atomic mass is 10.1. The molecule has 3 aromatic carbocycles. The summed E-state index contributed by atoms with van der Waals surface area (Å²) < 4.78 is 5.80. The normalized spacial score (nSPS) is 11.9. The summed E-state index contributed by atoms with van der Waals surface area (Å²) >= 11 is 1.41. The van der Waals surface area contributed by atoms with E-state index in [0.29, 0.717) is 17.3 Å². The van der Waals surface area contributed by atoms with Crippen molar-refractivity contribution >= 4 is 33.1 Å². The molecule has 0 fully saturated rings. The summed E-state index contributed by atoms with van der Waals surface area (Å²) in [5.41, 5.74) is 1.88. The number of para-hydroxylation sites is 1. The Hall–Kier alpha value is -3.18. The maximum atomic E-state index is 12.6. The molecular formula is C23H20N2O2S. The van der Waals surface area contributed by atoms with Crippen molar-refractivity contribution in [1.82, 2.24) is 4.98 Å². The van der Waals surface area contributed by atoms with E-state index >= 15 is 0 Å². The Morgan fingerprint density at radius 2 is 1.79 bits per heavy atom. The number of hydrogen-bond donors (Lipinski definition) is 1. The van der Waals surface area contributed by atoms with Gasteiger partial charge in [-0.3, -0.25) is 10.1 Å². The second kappa shape index (κ2) is 8.23. The van der Waals surface area contributed by atoms with Gasteiger partial charge in [0, 0.05) is 10.9 Å². The molecule has 1 N–H and O–H groups in total. The fraction of sp³-hybridized carbons (Fsp3) is 0.130. The van der Waals surface area contributed by atoms with E-state index in [4.69, 9.17) is 4.74 Å². The van der Waals surface area contributed by atoms with Crippen LogP contribution in [0.3, 0.4) is 0 Å². The van der Waals surface area contributed by atoms with Crippen LogP contribution >= 0.6 is 11.3 Å². The van der Waals surface area contributed by atoms with E-state index in [1.165, 1.54) is 22.1 Å². The Bertz CT molecular complexity index is 1090. The molecule has 0 aliphatic heterocycles. The Kier molecular flexibility index (Phi) is 5.35. The molecule has 1 heterocycles. The molecule has 0 saturated carbocycles. The standard InChI is InChI=1S/C23H20N2O2S/c1-2-21(27-19-10-4-3-5-11-19)22(26)25-23-24-20(15-28-23)18-13-12-16-8-6-7-9-17(16)14-18/h3-15,21H,2H2,1H3,(H,24,25,26)/t21-/m1/s1. The average Bonchev–Trinajstić information content (AvgIpc) is 3.20. The first-order valence-electron chi connectivity index (χ1n) is 9.20. The highest BCUT2D eigenvalue weighted by Crippen LogP contribution is 2.28. The SMILES string of the molecule is CC[C@@H](Oc1ccccc1)C(=O)Nc1nc(-c2ccc3ccccc3c2)cs1. The summed E-state index contributed by atoms with van der Waals surface area (Å²) in [6.07, 6.45) is 0.0133. The van der Waals surface area contributed by atoms with Crippen molar-refractivity contribution in [2.75, 3.05) is 5.32 Å². The van der Waals surface area contributed by atoms with E-state index in [0.717, 1.165) is 11.3 Å². The van der Waals surface area contributed by atoms with Crippen LogP contribution in [0.5, 0.6) is 5.75 Å². The topological polar surface area (TPSA) is 51.2 Å². The summed E-state index contributed by atoms with van der Waals surface area (Å²) in [6.45, 7) is 1.93. The average molecular weight is 388 g/mol. The first kappa shape index (κ1) is 18.2. The number of benzene rings is 3. The van der Waals surface area contributed by atoms with E-state index in [9.17, 15) is 4.79 Å². The fourth-order valence-electron chi connectivity index (χ4n) is 2.98. The maximum Gasteiger partial charge on any atom is 0.267 e. The first-order chi connectivity index (χ1) is 13.7. The van der Waals surface area contributed by atoms with Gasteiger partial charge in [0.05, 0.1) is 5.69 Å². The largest absolute Gasteiger partial charge is 0.481 e. The van der Waals surface area contributed by atoms with Crippen LogP contribution in [-0.4, -0.2) is 17.0 Å². The van der Waals surface area contributed by atoms with Crippen molar-refractivity contribution in [1.29, 1.82) is 0 Å². The Balaban J connectivity index is 1.48. The van der Waals surface area contributed by atoms with Crippen LogP contribution in [0.4, 0.5) is 5.13 Å². The number of carbonyl (C=O) groups is 1. The Morgan fingerprint density at radius 3 is 2.57 bits per heavy atom. The number of amides is 1. The number of fused-ring (bicyclic) bond motifs is 1. The zero-order chi connectivity index (χ0) is 19.3. The van der Waals surface area contributed by atoms with Gasteiger partial charge in [-0.05, 0) is 35.4 Å². The molecule has 4 rings (SSSR count). The van der Waals surface area contributed by atoms with Gasteiger partial charge in [-0.1, -0.05) is 61.5 Å². The molecule has 28 heavy (non-hydrogen) atoms. The molecular weight excluding hydrogens is 368 g/mol. The van der Waals surface area contributed by atoms with Crippen LogP contribution in [0.1, 0.15) is 13.3 Å². The quantitative estimate of drug-likeness (QED) is 0.457. The lowest BCUT2D eigenvalue weighted by Gasteiger charge is -2.16. The third-order valence-corrected chi connectivity index (χ3v) is 5.22. The third-order valence-electron chi connectivity index (χ3n) is 4.46. The summed E-state index contributed by atoms with van der Waals surface area (Å²) in [5.74, 6) is 0.492. The van der Waals surface area contributed by atoms with Crippen LogP contribution < -0.4 is 10.1 Å². The number of ether oxygens (including phenoxy) is 1. The first-order valence-corrected chi connectivity index (χ1v) is 10.1. The summed E-state index contributed by atoms with van der Waals surface area (Å²) in [7, 11) is 0. The van der Waals surface area contributed by atoms with Crippen molar-refractivity contribution in [2.24, 2.45) is 0 Å². The van der Waals surface area contributed by atoms with E-state index in [1.807, 2.05) is 54.8 Å². The molecule has 140 valence electrons. The number of nitrogens with one attached hydrogen (secondary N) is 1. The molecule has 0 radical (unpaired) electrons. The van der Waals surface area contributed by atoms with E-state index in [1.54, 1.807) is 0 Å². The van der Waals surface area contributed by atoms with Gasteiger partial charge in [0.2, 0.25) is 0 Å². The molecule has 4 aromatic rings. The van der Waals surface area contributed by atoms with Crippen molar-refractivity contribution in [2.45, 2.75) is 19.4 Å². The van der Waals surface area contributed by atoms with Gasteiger partial charge in [0.25, 0.3) is 5.91 Å². The van der Waals surface area contributed by atoms with Crippen molar-refractivity contribution in [3.8, 4) is 17.0 Å².